The van der Waals surface area contributed by atoms with Crippen molar-refractivity contribution in [1.29, 1.82) is 0 Å². The summed E-state index contributed by atoms with van der Waals surface area (Å²) in [5, 5.41) is 51.0. The van der Waals surface area contributed by atoms with Crippen molar-refractivity contribution in [3.05, 3.63) is 0 Å². The van der Waals surface area contributed by atoms with E-state index in [4.69, 9.17) is 28.6 Å². The highest BCUT2D eigenvalue weighted by Gasteiger charge is 2.39. The third-order valence-corrected chi connectivity index (χ3v) is 10.8. The summed E-state index contributed by atoms with van der Waals surface area (Å²) < 4.78 is 53.5. The number of carbonyl (C=O) groups is 6. The molecule has 0 bridgehead atoms. The van der Waals surface area contributed by atoms with Crippen LogP contribution in [0.1, 0.15) is 81.1 Å². The Morgan fingerprint density at radius 2 is 0.677 bits per heavy atom. The summed E-state index contributed by atoms with van der Waals surface area (Å²) in [5.74, 6) is -4.35. The summed E-state index contributed by atoms with van der Waals surface area (Å²) in [4.78, 5) is 109. The Kier molecular flexibility index (Phi) is 24.7. The fourth-order valence-corrected chi connectivity index (χ4v) is 6.77. The van der Waals surface area contributed by atoms with E-state index in [1.54, 1.807) is 0 Å². The molecule has 0 aromatic heterocycles. The van der Waals surface area contributed by atoms with Crippen molar-refractivity contribution in [3.8, 4) is 0 Å². The summed E-state index contributed by atoms with van der Waals surface area (Å²) in [6.45, 7) is 8.16. The highest BCUT2D eigenvalue weighted by molar-refractivity contribution is 7.46. The molecule has 0 heterocycles. The molecule has 4 amide bonds. The van der Waals surface area contributed by atoms with Crippen molar-refractivity contribution in [1.82, 2.24) is 21.3 Å². The Labute approximate surface area is 360 Å². The maximum absolute atomic E-state index is 12.6. The number of Topliss-reactive ketones (excluding diaryl/α,β-unsaturated/α-hetero) is 2. The first-order valence-electron chi connectivity index (χ1n) is 19.1. The number of nitrogens with one attached hydrogen (secondary N) is 4. The minimum Gasteiger partial charge on any atom is -0.383 e. The fraction of sp³-hybridized carbons (Fsp3) is 0.824. The topological polar surface area (TPSA) is 401 Å². The van der Waals surface area contributed by atoms with Gasteiger partial charge in [-0.25, -0.2) is 9.13 Å². The average Bonchev–Trinajstić information content (AvgIpc) is 3.15. The van der Waals surface area contributed by atoms with Crippen LogP contribution in [0, 0.1) is 21.7 Å². The van der Waals surface area contributed by atoms with Crippen molar-refractivity contribution in [2.75, 3.05) is 52.6 Å². The molecule has 0 aromatic rings. The molecule has 0 fully saturated rings. The summed E-state index contributed by atoms with van der Waals surface area (Å²) in [5.41, 5.74) is -5.40. The van der Waals surface area contributed by atoms with Crippen LogP contribution >= 0.6 is 23.9 Å². The van der Waals surface area contributed by atoms with E-state index in [2.05, 4.69) is 30.3 Å². The highest BCUT2D eigenvalue weighted by atomic mass is 31.2. The molecule has 362 valence electrons. The molecule has 4 unspecified atom stereocenters. The smallest absolute Gasteiger partial charge is 0.383 e. The SMILES string of the molecule is CC(C)(CO[PH](=O)OCC(C)(C)C(O)C(=O)NCCC(=O)CCNC(=O)C(O)C(C)(C)COP(=O)(O)O)C(O)C(=O)NCCC(=O)CCNC(=O)C(O)C(C)(C)COP(=O)(O)O. The van der Waals surface area contributed by atoms with Crippen molar-refractivity contribution < 1.29 is 101 Å². The lowest BCUT2D eigenvalue weighted by molar-refractivity contribution is -0.137. The number of phosphoric acid groups is 2. The fourth-order valence-electron chi connectivity index (χ4n) is 4.70. The quantitative estimate of drug-likeness (QED) is 0.0336. The number of amides is 4. The molecule has 28 heteroatoms. The van der Waals surface area contributed by atoms with Gasteiger partial charge in [0.2, 0.25) is 23.6 Å². The average molecular weight is 959 g/mol. The molecule has 0 saturated carbocycles. The zero-order chi connectivity index (χ0) is 48.5. The third kappa shape index (κ3) is 23.9. The molecule has 0 aliphatic heterocycles. The van der Waals surface area contributed by atoms with Crippen LogP contribution in [0.4, 0.5) is 0 Å². The molecule has 0 radical (unpaired) electrons. The van der Waals surface area contributed by atoms with Crippen LogP contribution in [0.25, 0.3) is 0 Å². The second kappa shape index (κ2) is 25.8. The van der Waals surface area contributed by atoms with E-state index in [0.717, 1.165) is 0 Å². The standard InChI is InChI=1S/C34H65N4O21P3/c1-31(2,23(41)27(45)35-13-9-21(39)11-15-37-29(47)25(43)33(5,6)19-58-61(50,51)52)17-56-60(49)57-18-32(3,4)24(42)28(46)36-14-10-22(40)12-16-38-30(48)26(44)34(7,8)20-59-62(53,54)55/h23-26,41-44,60H,9-20H2,1-8H3,(H,35,45)(H,36,46)(H,37,47)(H,38,48)(H2,50,51,52)(H2,53,54,55). The second-order valence-electron chi connectivity index (χ2n) is 17.2. The van der Waals surface area contributed by atoms with Gasteiger partial charge in [0.1, 0.15) is 36.0 Å². The van der Waals surface area contributed by atoms with Crippen molar-refractivity contribution in [3.63, 3.8) is 0 Å². The maximum atomic E-state index is 12.6. The molecule has 12 N–H and O–H groups in total. The number of hydrogen-bond acceptors (Lipinski definition) is 17. The predicted molar refractivity (Wildman–Crippen MR) is 217 cm³/mol. The van der Waals surface area contributed by atoms with Crippen molar-refractivity contribution in [2.24, 2.45) is 21.7 Å². The van der Waals surface area contributed by atoms with E-state index >= 15 is 0 Å². The molecule has 0 rings (SSSR count). The molecule has 0 aromatic carbocycles. The summed E-state index contributed by atoms with van der Waals surface area (Å²) in [7, 11) is -13.0. The Bertz CT molecular complexity index is 1530. The number of hydrogen-bond donors (Lipinski definition) is 12. The molecule has 0 saturated heterocycles. The van der Waals surface area contributed by atoms with Gasteiger partial charge >= 0.3 is 23.9 Å². The lowest BCUT2D eigenvalue weighted by Gasteiger charge is -2.30. The van der Waals surface area contributed by atoms with Crippen molar-refractivity contribution >= 4 is 59.1 Å². The molecule has 62 heavy (non-hydrogen) atoms. The second-order valence-corrected chi connectivity index (χ2v) is 20.7. The number of aliphatic hydroxyl groups is 4. The molecule has 4 atom stereocenters. The van der Waals surface area contributed by atoms with Gasteiger partial charge in [0.05, 0.1) is 26.4 Å². The molecule has 25 nitrogen and oxygen atoms in total. The van der Waals surface area contributed by atoms with Crippen LogP contribution in [-0.2, 0) is 60.6 Å². The zero-order valence-corrected chi connectivity index (χ0v) is 38.9. The summed E-state index contributed by atoms with van der Waals surface area (Å²) in [6, 6.07) is 0. The van der Waals surface area contributed by atoms with Gasteiger partial charge in [0.15, 0.2) is 0 Å². The first-order valence-corrected chi connectivity index (χ1v) is 23.4. The molecule has 0 aliphatic rings. The van der Waals surface area contributed by atoms with Crippen LogP contribution < -0.4 is 21.3 Å². The van der Waals surface area contributed by atoms with E-state index < -0.39 is 132 Å². The molecule has 0 aliphatic carbocycles. The normalized spacial score (nSPS) is 15.4. The van der Waals surface area contributed by atoms with Gasteiger partial charge in [-0.15, -0.1) is 0 Å². The number of rotatable bonds is 32. The third-order valence-electron chi connectivity index (χ3n) is 9.10. The Hall–Kier alpha value is -2.57. The van der Waals surface area contributed by atoms with Gasteiger partial charge in [-0.3, -0.25) is 42.4 Å². The summed E-state index contributed by atoms with van der Waals surface area (Å²) >= 11 is 0. The molecule has 0 spiro atoms. The van der Waals surface area contributed by atoms with Crippen LogP contribution in [-0.4, -0.2) is 152 Å². The van der Waals surface area contributed by atoms with E-state index in [1.807, 2.05) is 0 Å². The summed E-state index contributed by atoms with van der Waals surface area (Å²) in [6.07, 6.45) is -7.58. The largest absolute Gasteiger partial charge is 0.469 e. The predicted octanol–water partition coefficient (Wildman–Crippen LogP) is -1.66. The Morgan fingerprint density at radius 1 is 0.468 bits per heavy atom. The Balaban J connectivity index is 4.61. The van der Waals surface area contributed by atoms with Gasteiger partial charge in [-0.2, -0.15) is 0 Å². The Morgan fingerprint density at radius 3 is 0.887 bits per heavy atom. The lowest BCUT2D eigenvalue weighted by Crippen LogP contribution is -2.47. The first-order chi connectivity index (χ1) is 28.0. The van der Waals surface area contributed by atoms with Crippen LogP contribution in [0.3, 0.4) is 0 Å². The highest BCUT2D eigenvalue weighted by Crippen LogP contribution is 2.40. The van der Waals surface area contributed by atoms with Crippen LogP contribution in [0.5, 0.6) is 0 Å². The van der Waals surface area contributed by atoms with Gasteiger partial charge in [0.25, 0.3) is 0 Å². The minimum absolute atomic E-state index is 0.186. The monoisotopic (exact) mass is 958 g/mol. The maximum Gasteiger partial charge on any atom is 0.469 e. The first kappa shape index (κ1) is 59.4. The molecular formula is C34H65N4O21P3. The number of aliphatic hydroxyl groups excluding tert-OH is 4. The van der Waals surface area contributed by atoms with Gasteiger partial charge in [0, 0.05) is 73.5 Å². The van der Waals surface area contributed by atoms with Gasteiger partial charge < -0.3 is 70.3 Å². The zero-order valence-electron chi connectivity index (χ0n) is 36.1. The van der Waals surface area contributed by atoms with Crippen molar-refractivity contribution in [2.45, 2.75) is 105 Å². The lowest BCUT2D eigenvalue weighted by atomic mass is 9.87. The van der Waals surface area contributed by atoms with E-state index in [9.17, 15) is 62.9 Å². The van der Waals surface area contributed by atoms with E-state index in [0.29, 0.717) is 0 Å². The van der Waals surface area contributed by atoms with Crippen LogP contribution in [0.15, 0.2) is 0 Å². The minimum atomic E-state index is -4.84. The number of carbonyl (C=O) groups excluding carboxylic acids is 6. The number of phosphoric ester groups is 2. The van der Waals surface area contributed by atoms with Crippen LogP contribution in [0.2, 0.25) is 0 Å². The van der Waals surface area contributed by atoms with Gasteiger partial charge in [-0.1, -0.05) is 55.4 Å². The van der Waals surface area contributed by atoms with E-state index in [-0.39, 0.29) is 51.9 Å². The number of ketones is 2. The van der Waals surface area contributed by atoms with Gasteiger partial charge in [-0.05, 0) is 0 Å². The van der Waals surface area contributed by atoms with E-state index in [1.165, 1.54) is 55.4 Å². The molecular weight excluding hydrogens is 893 g/mol.